The zero-order valence-corrected chi connectivity index (χ0v) is 8.85. The molecule has 80 valence electrons. The maximum atomic E-state index is 8.96. The number of benzene rings is 1. The Balaban J connectivity index is 2.29. The second-order valence-electron chi connectivity index (χ2n) is 4.09. The van der Waals surface area contributed by atoms with Gasteiger partial charge < -0.3 is 5.21 Å². The molecule has 1 aromatic carbocycles. The topological polar surface area (TPSA) is 45.5 Å². The molecule has 0 saturated heterocycles. The fourth-order valence-electron chi connectivity index (χ4n) is 2.26. The van der Waals surface area contributed by atoms with Gasteiger partial charge in [0, 0.05) is 5.39 Å². The first-order valence-electron chi connectivity index (χ1n) is 5.48. The van der Waals surface area contributed by atoms with Crippen LogP contribution >= 0.6 is 0 Å². The molecule has 1 aromatic heterocycles. The van der Waals surface area contributed by atoms with Crippen molar-refractivity contribution in [3.05, 3.63) is 41.6 Å². The summed E-state index contributed by atoms with van der Waals surface area (Å²) in [5.41, 5.74) is 3.74. The molecule has 3 nitrogen and oxygen atoms in total. The number of nitrogens with zero attached hydrogens (tertiary/aromatic N) is 2. The van der Waals surface area contributed by atoms with Crippen molar-refractivity contribution in [1.29, 1.82) is 0 Å². The van der Waals surface area contributed by atoms with Crippen LogP contribution in [0, 0.1) is 0 Å². The number of fused-ring (bicyclic) bond motifs is 2. The SMILES string of the molecule is O/N=C1/CCCc2cc3ccccc3nc21. The molecule has 0 bridgehead atoms. The number of para-hydroxylation sites is 1. The van der Waals surface area contributed by atoms with Gasteiger partial charge in [-0.2, -0.15) is 0 Å². The van der Waals surface area contributed by atoms with Gasteiger partial charge in [0.25, 0.3) is 0 Å². The highest BCUT2D eigenvalue weighted by molar-refractivity contribution is 6.02. The molecule has 1 N–H and O–H groups in total. The quantitative estimate of drug-likeness (QED) is 0.539. The standard InChI is InChI=1S/C13H12N2O/c16-15-12-7-3-5-10-8-9-4-1-2-6-11(9)14-13(10)12/h1-2,4,6,8,16H,3,5,7H2/b15-12-. The molecule has 0 fully saturated rings. The summed E-state index contributed by atoms with van der Waals surface area (Å²) in [6.07, 6.45) is 2.87. The summed E-state index contributed by atoms with van der Waals surface area (Å²) in [5, 5.41) is 13.5. The van der Waals surface area contributed by atoms with Crippen molar-refractivity contribution in [3.63, 3.8) is 0 Å². The van der Waals surface area contributed by atoms with E-state index in [2.05, 4.69) is 22.3 Å². The van der Waals surface area contributed by atoms with Crippen LogP contribution in [0.15, 0.2) is 35.5 Å². The minimum atomic E-state index is 0.715. The second kappa shape index (κ2) is 3.59. The van der Waals surface area contributed by atoms with Crippen LogP contribution in [0.2, 0.25) is 0 Å². The summed E-state index contributed by atoms with van der Waals surface area (Å²) in [6.45, 7) is 0. The van der Waals surface area contributed by atoms with E-state index in [-0.39, 0.29) is 0 Å². The molecule has 1 aliphatic carbocycles. The first-order valence-corrected chi connectivity index (χ1v) is 5.48. The van der Waals surface area contributed by atoms with Gasteiger partial charge in [0.15, 0.2) is 0 Å². The van der Waals surface area contributed by atoms with Crippen molar-refractivity contribution in [2.24, 2.45) is 5.16 Å². The summed E-state index contributed by atoms with van der Waals surface area (Å²) >= 11 is 0. The van der Waals surface area contributed by atoms with E-state index in [9.17, 15) is 0 Å². The number of aryl methyl sites for hydroxylation is 1. The van der Waals surface area contributed by atoms with E-state index in [1.807, 2.05) is 18.2 Å². The number of hydrogen-bond acceptors (Lipinski definition) is 3. The van der Waals surface area contributed by atoms with Gasteiger partial charge in [0.2, 0.25) is 0 Å². The van der Waals surface area contributed by atoms with E-state index in [1.54, 1.807) is 0 Å². The molecule has 0 saturated carbocycles. The minimum Gasteiger partial charge on any atom is -0.411 e. The molecule has 1 aliphatic rings. The lowest BCUT2D eigenvalue weighted by Gasteiger charge is -2.16. The van der Waals surface area contributed by atoms with E-state index in [0.717, 1.165) is 35.9 Å². The van der Waals surface area contributed by atoms with Crippen molar-refractivity contribution in [2.45, 2.75) is 19.3 Å². The van der Waals surface area contributed by atoms with E-state index in [1.165, 1.54) is 5.56 Å². The predicted octanol–water partition coefficient (Wildman–Crippen LogP) is 2.75. The Hall–Kier alpha value is -1.90. The molecule has 0 unspecified atom stereocenters. The van der Waals surface area contributed by atoms with Crippen molar-refractivity contribution < 1.29 is 5.21 Å². The Labute approximate surface area is 93.4 Å². The van der Waals surface area contributed by atoms with Crippen LogP contribution in [0.4, 0.5) is 0 Å². The highest BCUT2D eigenvalue weighted by Crippen LogP contribution is 2.24. The molecular weight excluding hydrogens is 200 g/mol. The summed E-state index contributed by atoms with van der Waals surface area (Å²) in [4.78, 5) is 4.58. The number of rotatable bonds is 0. The number of hydrogen-bond donors (Lipinski definition) is 1. The first-order chi connectivity index (χ1) is 7.88. The second-order valence-corrected chi connectivity index (χ2v) is 4.09. The van der Waals surface area contributed by atoms with Gasteiger partial charge in [-0.3, -0.25) is 0 Å². The number of oxime groups is 1. The Morgan fingerprint density at radius 2 is 2.06 bits per heavy atom. The summed E-state index contributed by atoms with van der Waals surface area (Å²) < 4.78 is 0. The van der Waals surface area contributed by atoms with E-state index >= 15 is 0 Å². The average molecular weight is 212 g/mol. The molecule has 16 heavy (non-hydrogen) atoms. The van der Waals surface area contributed by atoms with Crippen molar-refractivity contribution in [2.75, 3.05) is 0 Å². The van der Waals surface area contributed by atoms with Gasteiger partial charge in [0.1, 0.15) is 5.71 Å². The average Bonchev–Trinajstić information content (AvgIpc) is 2.35. The zero-order valence-electron chi connectivity index (χ0n) is 8.85. The van der Waals surface area contributed by atoms with Gasteiger partial charge in [-0.15, -0.1) is 0 Å². The number of aromatic nitrogens is 1. The summed E-state index contributed by atoms with van der Waals surface area (Å²) in [6, 6.07) is 10.2. The van der Waals surface area contributed by atoms with E-state index < -0.39 is 0 Å². The van der Waals surface area contributed by atoms with Gasteiger partial charge in [-0.05, 0) is 37.0 Å². The monoisotopic (exact) mass is 212 g/mol. The van der Waals surface area contributed by atoms with Gasteiger partial charge >= 0.3 is 0 Å². The Kier molecular flexibility index (Phi) is 2.10. The summed E-state index contributed by atoms with van der Waals surface area (Å²) in [7, 11) is 0. The lowest BCUT2D eigenvalue weighted by Crippen LogP contribution is -2.14. The van der Waals surface area contributed by atoms with Crippen molar-refractivity contribution in [3.8, 4) is 0 Å². The van der Waals surface area contributed by atoms with Crippen LogP contribution in [0.3, 0.4) is 0 Å². The third-order valence-corrected chi connectivity index (χ3v) is 3.06. The highest BCUT2D eigenvalue weighted by atomic mass is 16.4. The molecule has 3 rings (SSSR count). The third kappa shape index (κ3) is 1.36. The largest absolute Gasteiger partial charge is 0.411 e. The van der Waals surface area contributed by atoms with Crippen LogP contribution in [0.1, 0.15) is 24.1 Å². The van der Waals surface area contributed by atoms with Gasteiger partial charge in [-0.1, -0.05) is 23.4 Å². The molecule has 0 radical (unpaired) electrons. The minimum absolute atomic E-state index is 0.715. The molecule has 1 heterocycles. The van der Waals surface area contributed by atoms with Gasteiger partial charge in [-0.25, -0.2) is 4.98 Å². The van der Waals surface area contributed by atoms with Gasteiger partial charge in [0.05, 0.1) is 11.2 Å². The van der Waals surface area contributed by atoms with E-state index in [0.29, 0.717) is 5.71 Å². The van der Waals surface area contributed by atoms with Crippen molar-refractivity contribution >= 4 is 16.6 Å². The van der Waals surface area contributed by atoms with Crippen LogP contribution in [-0.2, 0) is 6.42 Å². The molecule has 0 aliphatic heterocycles. The Bertz CT molecular complexity index is 575. The molecule has 2 aromatic rings. The molecule has 0 atom stereocenters. The molecule has 0 spiro atoms. The smallest absolute Gasteiger partial charge is 0.105 e. The van der Waals surface area contributed by atoms with Crippen LogP contribution in [0.5, 0.6) is 0 Å². The Morgan fingerprint density at radius 3 is 2.94 bits per heavy atom. The molecule has 3 heteroatoms. The highest BCUT2D eigenvalue weighted by Gasteiger charge is 2.18. The first kappa shape index (κ1) is 9.33. The fourth-order valence-corrected chi connectivity index (χ4v) is 2.26. The lowest BCUT2D eigenvalue weighted by atomic mass is 9.93. The Morgan fingerprint density at radius 1 is 1.19 bits per heavy atom. The molecule has 0 amide bonds. The van der Waals surface area contributed by atoms with Crippen LogP contribution in [-0.4, -0.2) is 15.9 Å². The third-order valence-electron chi connectivity index (χ3n) is 3.06. The van der Waals surface area contributed by atoms with Crippen LogP contribution in [0.25, 0.3) is 10.9 Å². The van der Waals surface area contributed by atoms with E-state index in [4.69, 9.17) is 5.21 Å². The normalized spacial score (nSPS) is 17.6. The van der Waals surface area contributed by atoms with Crippen LogP contribution < -0.4 is 0 Å². The predicted molar refractivity (Wildman–Crippen MR) is 63.0 cm³/mol. The maximum absolute atomic E-state index is 8.96. The van der Waals surface area contributed by atoms with Crippen molar-refractivity contribution in [1.82, 2.24) is 4.98 Å². The zero-order chi connectivity index (χ0) is 11.0. The molecular formula is C13H12N2O. The number of pyridine rings is 1. The maximum Gasteiger partial charge on any atom is 0.105 e. The fraction of sp³-hybridized carbons (Fsp3) is 0.231. The lowest BCUT2D eigenvalue weighted by molar-refractivity contribution is 0.317. The summed E-state index contributed by atoms with van der Waals surface area (Å²) in [5.74, 6) is 0.